The van der Waals surface area contributed by atoms with Crippen LogP contribution < -0.4 is 0 Å². The number of hydrogen-bond acceptors (Lipinski definition) is 3. The Morgan fingerprint density at radius 2 is 1.69 bits per heavy atom. The summed E-state index contributed by atoms with van der Waals surface area (Å²) in [5.74, 6) is -0.380. The number of aromatic nitrogens is 4. The summed E-state index contributed by atoms with van der Waals surface area (Å²) < 4.78 is 27.4. The lowest BCUT2D eigenvalue weighted by molar-refractivity contribution is 0.627. The average Bonchev–Trinajstić information content (AvgIpc) is 3.03. The standard InChI is InChI=1S/C20H14F2N4/c1-12-10-23-20(24-11-12)15-8-16-18(25-26-19(16)9-17(15)22)7-4-13-2-5-14(21)6-3-13/h2-11H,1H3,(H,25,26)/b7-4+. The second-order valence-electron chi connectivity index (χ2n) is 5.96. The van der Waals surface area contributed by atoms with E-state index in [1.54, 1.807) is 36.7 Å². The summed E-state index contributed by atoms with van der Waals surface area (Å²) in [6.07, 6.45) is 6.91. The van der Waals surface area contributed by atoms with E-state index in [2.05, 4.69) is 20.2 Å². The zero-order valence-electron chi connectivity index (χ0n) is 13.9. The number of halogens is 2. The smallest absolute Gasteiger partial charge is 0.162 e. The summed E-state index contributed by atoms with van der Waals surface area (Å²) >= 11 is 0. The van der Waals surface area contributed by atoms with Crippen molar-refractivity contribution in [3.63, 3.8) is 0 Å². The number of rotatable bonds is 3. The molecule has 0 spiro atoms. The van der Waals surface area contributed by atoms with Gasteiger partial charge < -0.3 is 0 Å². The minimum Gasteiger partial charge on any atom is -0.277 e. The van der Waals surface area contributed by atoms with E-state index in [4.69, 9.17) is 0 Å². The maximum absolute atomic E-state index is 14.4. The zero-order valence-corrected chi connectivity index (χ0v) is 13.9. The highest BCUT2D eigenvalue weighted by molar-refractivity contribution is 5.92. The molecule has 1 N–H and O–H groups in total. The van der Waals surface area contributed by atoms with Crippen molar-refractivity contribution < 1.29 is 8.78 Å². The Morgan fingerprint density at radius 3 is 2.42 bits per heavy atom. The minimum atomic E-state index is -0.418. The Kier molecular flexibility index (Phi) is 4.01. The second kappa shape index (κ2) is 6.48. The van der Waals surface area contributed by atoms with Gasteiger partial charge in [-0.05, 0) is 42.3 Å². The summed E-state index contributed by atoms with van der Waals surface area (Å²) in [4.78, 5) is 8.39. The van der Waals surface area contributed by atoms with Gasteiger partial charge in [0.05, 0.1) is 16.8 Å². The quantitative estimate of drug-likeness (QED) is 0.580. The first-order chi connectivity index (χ1) is 12.6. The van der Waals surface area contributed by atoms with E-state index in [9.17, 15) is 8.78 Å². The summed E-state index contributed by atoms with van der Waals surface area (Å²) in [6, 6.07) is 9.20. The van der Waals surface area contributed by atoms with E-state index in [-0.39, 0.29) is 5.82 Å². The van der Waals surface area contributed by atoms with Crippen LogP contribution in [0.15, 0.2) is 48.8 Å². The summed E-state index contributed by atoms with van der Waals surface area (Å²) in [6.45, 7) is 1.87. The molecule has 0 atom stereocenters. The van der Waals surface area contributed by atoms with Crippen molar-refractivity contribution >= 4 is 23.1 Å². The number of fused-ring (bicyclic) bond motifs is 1. The van der Waals surface area contributed by atoms with Crippen molar-refractivity contribution in [1.82, 2.24) is 20.2 Å². The van der Waals surface area contributed by atoms with Crippen molar-refractivity contribution in [3.05, 3.63) is 77.2 Å². The molecule has 26 heavy (non-hydrogen) atoms. The van der Waals surface area contributed by atoms with E-state index in [0.29, 0.717) is 22.6 Å². The molecule has 4 nitrogen and oxygen atoms in total. The molecule has 2 aromatic carbocycles. The lowest BCUT2D eigenvalue weighted by Gasteiger charge is -2.03. The van der Waals surface area contributed by atoms with Crippen LogP contribution in [0.4, 0.5) is 8.78 Å². The molecule has 0 aliphatic carbocycles. The fraction of sp³-hybridized carbons (Fsp3) is 0.0500. The molecular weight excluding hydrogens is 334 g/mol. The van der Waals surface area contributed by atoms with Gasteiger partial charge in [0.25, 0.3) is 0 Å². The third-order valence-electron chi connectivity index (χ3n) is 4.01. The highest BCUT2D eigenvalue weighted by Crippen LogP contribution is 2.27. The van der Waals surface area contributed by atoms with Crippen LogP contribution in [-0.4, -0.2) is 20.2 Å². The molecule has 6 heteroatoms. The van der Waals surface area contributed by atoms with Crippen LogP contribution >= 0.6 is 0 Å². The third-order valence-corrected chi connectivity index (χ3v) is 4.01. The summed E-state index contributed by atoms with van der Waals surface area (Å²) in [5.41, 5.74) is 3.29. The predicted octanol–water partition coefficient (Wildman–Crippen LogP) is 4.78. The van der Waals surface area contributed by atoms with Gasteiger partial charge in [-0.2, -0.15) is 5.10 Å². The SMILES string of the molecule is Cc1cnc(-c2cc3c(/C=C/c4ccc(F)cc4)n[nH]c3cc2F)nc1. The van der Waals surface area contributed by atoms with Crippen LogP contribution in [0, 0.1) is 18.6 Å². The molecule has 0 aliphatic rings. The Hall–Kier alpha value is -3.41. The van der Waals surface area contributed by atoms with Crippen molar-refractivity contribution in [2.75, 3.05) is 0 Å². The van der Waals surface area contributed by atoms with Crippen LogP contribution in [0.25, 0.3) is 34.4 Å². The number of nitrogens with zero attached hydrogens (tertiary/aromatic N) is 3. The normalized spacial score (nSPS) is 11.5. The van der Waals surface area contributed by atoms with E-state index >= 15 is 0 Å². The number of aromatic amines is 1. The van der Waals surface area contributed by atoms with E-state index in [0.717, 1.165) is 16.5 Å². The van der Waals surface area contributed by atoms with Gasteiger partial charge in [0.15, 0.2) is 5.82 Å². The fourth-order valence-electron chi connectivity index (χ4n) is 2.64. The van der Waals surface area contributed by atoms with Crippen LogP contribution in [0.1, 0.15) is 16.8 Å². The Bertz CT molecular complexity index is 1100. The Labute approximate surface area is 148 Å². The molecule has 4 aromatic rings. The number of nitrogens with one attached hydrogen (secondary N) is 1. The molecule has 0 radical (unpaired) electrons. The lowest BCUT2D eigenvalue weighted by Crippen LogP contribution is -1.92. The molecule has 2 aromatic heterocycles. The van der Waals surface area contributed by atoms with Gasteiger partial charge in [-0.15, -0.1) is 0 Å². The average molecular weight is 348 g/mol. The minimum absolute atomic E-state index is 0.286. The summed E-state index contributed by atoms with van der Waals surface area (Å²) in [5, 5.41) is 7.80. The second-order valence-corrected chi connectivity index (χ2v) is 5.96. The molecular formula is C20H14F2N4. The van der Waals surface area contributed by atoms with Crippen molar-refractivity contribution in [1.29, 1.82) is 0 Å². The number of benzene rings is 2. The topological polar surface area (TPSA) is 54.5 Å². The van der Waals surface area contributed by atoms with Crippen molar-refractivity contribution in [3.8, 4) is 11.4 Å². The van der Waals surface area contributed by atoms with Gasteiger partial charge in [-0.25, -0.2) is 18.7 Å². The molecule has 0 bridgehead atoms. The van der Waals surface area contributed by atoms with Crippen LogP contribution in [0.2, 0.25) is 0 Å². The van der Waals surface area contributed by atoms with Gasteiger partial charge in [0.1, 0.15) is 11.6 Å². The molecule has 128 valence electrons. The molecule has 0 saturated carbocycles. The van der Waals surface area contributed by atoms with Crippen LogP contribution in [0.3, 0.4) is 0 Å². The lowest BCUT2D eigenvalue weighted by atomic mass is 10.1. The molecule has 0 fully saturated rings. The number of H-pyrrole nitrogens is 1. The van der Waals surface area contributed by atoms with Gasteiger partial charge in [-0.3, -0.25) is 5.10 Å². The van der Waals surface area contributed by atoms with Crippen LogP contribution in [0.5, 0.6) is 0 Å². The van der Waals surface area contributed by atoms with E-state index in [1.807, 2.05) is 13.0 Å². The molecule has 4 rings (SSSR count). The Balaban J connectivity index is 1.76. The largest absolute Gasteiger partial charge is 0.277 e. The van der Waals surface area contributed by atoms with Gasteiger partial charge in [-0.1, -0.05) is 18.2 Å². The highest BCUT2D eigenvalue weighted by Gasteiger charge is 2.13. The number of aryl methyl sites for hydroxylation is 1. The van der Waals surface area contributed by atoms with Gasteiger partial charge >= 0.3 is 0 Å². The van der Waals surface area contributed by atoms with Gasteiger partial charge in [0.2, 0.25) is 0 Å². The first-order valence-electron chi connectivity index (χ1n) is 8.00. The third kappa shape index (κ3) is 3.09. The fourth-order valence-corrected chi connectivity index (χ4v) is 2.64. The molecule has 0 unspecified atom stereocenters. The van der Waals surface area contributed by atoms with Crippen LogP contribution in [-0.2, 0) is 0 Å². The maximum atomic E-state index is 14.4. The first kappa shape index (κ1) is 16.1. The maximum Gasteiger partial charge on any atom is 0.162 e. The van der Waals surface area contributed by atoms with E-state index in [1.165, 1.54) is 18.2 Å². The van der Waals surface area contributed by atoms with Crippen molar-refractivity contribution in [2.24, 2.45) is 0 Å². The molecule has 0 aliphatic heterocycles. The molecule has 2 heterocycles. The molecule has 0 saturated heterocycles. The highest BCUT2D eigenvalue weighted by atomic mass is 19.1. The summed E-state index contributed by atoms with van der Waals surface area (Å²) in [7, 11) is 0. The van der Waals surface area contributed by atoms with Gasteiger partial charge in [0, 0.05) is 23.8 Å². The first-order valence-corrected chi connectivity index (χ1v) is 8.00. The Morgan fingerprint density at radius 1 is 0.962 bits per heavy atom. The predicted molar refractivity (Wildman–Crippen MR) is 97.1 cm³/mol. The zero-order chi connectivity index (χ0) is 18.1. The monoisotopic (exact) mass is 348 g/mol. The van der Waals surface area contributed by atoms with Crippen molar-refractivity contribution in [2.45, 2.75) is 6.92 Å². The molecule has 0 amide bonds. The van der Waals surface area contributed by atoms with E-state index < -0.39 is 5.82 Å². The number of hydrogen-bond donors (Lipinski definition) is 1.